The van der Waals surface area contributed by atoms with Gasteiger partial charge in [0.05, 0.1) is 10.9 Å². The summed E-state index contributed by atoms with van der Waals surface area (Å²) in [5.74, 6) is -1.31. The molecule has 1 fully saturated rings. The number of halogens is 2. The molecule has 1 saturated heterocycles. The molecule has 0 spiro atoms. The van der Waals surface area contributed by atoms with E-state index < -0.39 is 21.8 Å². The third-order valence-corrected chi connectivity index (χ3v) is 7.39. The normalized spacial score (nSPS) is 19.4. The predicted molar refractivity (Wildman–Crippen MR) is 114 cm³/mol. The van der Waals surface area contributed by atoms with Crippen molar-refractivity contribution in [3.05, 3.63) is 77.1 Å². The molecule has 0 aromatic heterocycles. The van der Waals surface area contributed by atoms with Crippen LogP contribution in [0.25, 0.3) is 0 Å². The fraction of sp³-hybridized carbons (Fsp3) is 0.318. The Morgan fingerprint density at radius 1 is 1.16 bits per heavy atom. The maximum atomic E-state index is 13.3. The maximum Gasteiger partial charge on any atom is 1.00 e. The second kappa shape index (κ2) is 11.6. The molecular weight excluding hydrogens is 452 g/mol. The zero-order valence-corrected chi connectivity index (χ0v) is 20.8. The number of hydrogen-bond donors (Lipinski definition) is 1. The Morgan fingerprint density at radius 3 is 2.42 bits per heavy atom. The number of allylic oxidation sites excluding steroid dienone is 2. The van der Waals surface area contributed by atoms with Crippen LogP contribution in [0.1, 0.15) is 38.7 Å². The first-order valence-corrected chi connectivity index (χ1v) is 11.5. The summed E-state index contributed by atoms with van der Waals surface area (Å²) in [6.45, 7) is 0.348. The Bertz CT molecular complexity index is 1020. The summed E-state index contributed by atoms with van der Waals surface area (Å²) in [7, 11) is -3.81. The number of nitrogens with zero attached hydrogens (tertiary/aromatic N) is 1. The molecule has 162 valence electrons. The van der Waals surface area contributed by atoms with Crippen LogP contribution in [0.2, 0.25) is 5.02 Å². The van der Waals surface area contributed by atoms with Gasteiger partial charge < -0.3 is 6.53 Å². The summed E-state index contributed by atoms with van der Waals surface area (Å²) in [6, 6.07) is 11.6. The number of sulfonamides is 1. The summed E-state index contributed by atoms with van der Waals surface area (Å²) in [5, 5.41) is 9.31. The van der Waals surface area contributed by atoms with Crippen LogP contribution in [-0.2, 0) is 14.8 Å². The van der Waals surface area contributed by atoms with Gasteiger partial charge in [-0.3, -0.25) is 4.79 Å². The van der Waals surface area contributed by atoms with Gasteiger partial charge >= 0.3 is 35.5 Å². The van der Waals surface area contributed by atoms with Crippen LogP contribution in [0.4, 0.5) is 4.39 Å². The molecule has 2 atom stereocenters. The molecule has 2 aromatic carbocycles. The Kier molecular flexibility index (Phi) is 9.73. The zero-order valence-electron chi connectivity index (χ0n) is 18.2. The minimum absolute atomic E-state index is 0. The van der Waals surface area contributed by atoms with Gasteiger partial charge in [0, 0.05) is 18.0 Å². The van der Waals surface area contributed by atoms with E-state index in [1.54, 1.807) is 12.1 Å². The fourth-order valence-corrected chi connectivity index (χ4v) is 5.59. The van der Waals surface area contributed by atoms with Crippen molar-refractivity contribution in [3.63, 3.8) is 0 Å². The molecule has 0 amide bonds. The van der Waals surface area contributed by atoms with Gasteiger partial charge in [-0.25, -0.2) is 12.8 Å². The molecule has 0 radical (unpaired) electrons. The van der Waals surface area contributed by atoms with Crippen LogP contribution >= 0.6 is 11.6 Å². The Balaban J connectivity index is 0.00000256. The van der Waals surface area contributed by atoms with Crippen molar-refractivity contribution in [2.75, 3.05) is 6.54 Å². The number of carboxylic acid groups (broad SMARTS) is 1. The number of benzene rings is 2. The van der Waals surface area contributed by atoms with Crippen LogP contribution in [0.15, 0.2) is 65.6 Å². The first-order chi connectivity index (χ1) is 14.3. The van der Waals surface area contributed by atoms with Crippen LogP contribution in [0.3, 0.4) is 0 Å². The van der Waals surface area contributed by atoms with Crippen molar-refractivity contribution in [2.45, 2.75) is 36.6 Å². The Morgan fingerprint density at radius 2 is 1.81 bits per heavy atom. The summed E-state index contributed by atoms with van der Waals surface area (Å²) < 4.78 is 41.3. The van der Waals surface area contributed by atoms with E-state index in [2.05, 4.69) is 0 Å². The third-order valence-electron chi connectivity index (χ3n) is 5.24. The summed E-state index contributed by atoms with van der Waals surface area (Å²) in [6.07, 6.45) is 5.53. The number of carboxylic acids is 1. The Hall–Kier alpha value is -1.22. The van der Waals surface area contributed by atoms with Crippen molar-refractivity contribution in [1.82, 2.24) is 4.31 Å². The largest absolute Gasteiger partial charge is 1.00 e. The van der Waals surface area contributed by atoms with Gasteiger partial charge in [0.25, 0.3) is 0 Å². The average molecular weight is 476 g/mol. The average Bonchev–Trinajstić information content (AvgIpc) is 3.13. The van der Waals surface area contributed by atoms with Gasteiger partial charge in [-0.15, -0.1) is 0 Å². The number of aliphatic carboxylic acids is 1. The van der Waals surface area contributed by atoms with E-state index in [0.29, 0.717) is 30.8 Å². The van der Waals surface area contributed by atoms with E-state index in [-0.39, 0.29) is 54.3 Å². The van der Waals surface area contributed by atoms with Crippen LogP contribution in [-0.4, -0.2) is 30.3 Å². The van der Waals surface area contributed by atoms with E-state index in [4.69, 9.17) is 16.7 Å². The second-order valence-corrected chi connectivity index (χ2v) is 9.58. The minimum atomic E-state index is -3.81. The molecule has 9 heteroatoms. The molecule has 0 aliphatic carbocycles. The zero-order chi connectivity index (χ0) is 21.7. The maximum absolute atomic E-state index is 13.3. The Labute approximate surface area is 210 Å². The van der Waals surface area contributed by atoms with Crippen LogP contribution in [0.5, 0.6) is 0 Å². The number of rotatable bonds is 8. The summed E-state index contributed by atoms with van der Waals surface area (Å²) >= 11 is 6.01. The predicted octanol–water partition coefficient (Wildman–Crippen LogP) is 2.16. The molecule has 5 nitrogen and oxygen atoms in total. The SMILES string of the molecule is O=C(O)CC/C=C\C[C@@H]1CCN(S(=O)(=O)c2ccc(F)cc2)[C@@H]1c1ccc(Cl)cc1.[H-].[Na+]. The molecule has 1 N–H and O–H groups in total. The van der Waals surface area contributed by atoms with Crippen molar-refractivity contribution >= 4 is 27.6 Å². The van der Waals surface area contributed by atoms with Crippen molar-refractivity contribution in [3.8, 4) is 0 Å². The van der Waals surface area contributed by atoms with Crippen LogP contribution in [0, 0.1) is 11.7 Å². The topological polar surface area (TPSA) is 74.7 Å². The third kappa shape index (κ3) is 6.63. The number of hydrogen-bond acceptors (Lipinski definition) is 3. The number of carbonyl (C=O) groups is 1. The minimum Gasteiger partial charge on any atom is -1.00 e. The van der Waals surface area contributed by atoms with Crippen molar-refractivity contribution in [1.29, 1.82) is 0 Å². The van der Waals surface area contributed by atoms with E-state index in [9.17, 15) is 17.6 Å². The van der Waals surface area contributed by atoms with Crippen molar-refractivity contribution in [2.24, 2.45) is 5.92 Å². The molecule has 31 heavy (non-hydrogen) atoms. The first-order valence-electron chi connectivity index (χ1n) is 9.68. The molecule has 2 aromatic rings. The summed E-state index contributed by atoms with van der Waals surface area (Å²) in [5.41, 5.74) is 0.839. The molecule has 3 rings (SSSR count). The monoisotopic (exact) mass is 475 g/mol. The molecule has 0 bridgehead atoms. The first kappa shape index (κ1) is 26.0. The second-order valence-electron chi connectivity index (χ2n) is 7.25. The van der Waals surface area contributed by atoms with Gasteiger partial charge in [0.2, 0.25) is 10.0 Å². The van der Waals surface area contributed by atoms with E-state index >= 15 is 0 Å². The molecular formula is C22H24ClFNNaO4S. The summed E-state index contributed by atoms with van der Waals surface area (Å²) in [4.78, 5) is 10.7. The quantitative estimate of drug-likeness (QED) is 0.469. The van der Waals surface area contributed by atoms with E-state index in [1.165, 1.54) is 16.4 Å². The van der Waals surface area contributed by atoms with Gasteiger partial charge in [-0.2, -0.15) is 4.31 Å². The fourth-order valence-electron chi connectivity index (χ4n) is 3.78. The van der Waals surface area contributed by atoms with Gasteiger partial charge in [0.1, 0.15) is 5.82 Å². The van der Waals surface area contributed by atoms with Gasteiger partial charge in [-0.1, -0.05) is 35.9 Å². The van der Waals surface area contributed by atoms with E-state index in [1.807, 2.05) is 24.3 Å². The van der Waals surface area contributed by atoms with Crippen molar-refractivity contribution < 1.29 is 53.7 Å². The molecule has 1 heterocycles. The smallest absolute Gasteiger partial charge is 1.00 e. The standard InChI is InChI=1S/C22H23ClFNO4S.Na.H/c23-18-8-6-17(7-9-18)22-16(4-2-1-3-5-21(26)27)14-15-25(22)30(28,29)20-12-10-19(24)11-13-20;;/h1-2,6-13,16,22H,3-5,14-15H2,(H,26,27);;/q;+1;-1/b2-1-;;/t16-,22+;;/m1../s1. The molecule has 1 aliphatic heterocycles. The van der Waals surface area contributed by atoms with Gasteiger partial charge in [0.15, 0.2) is 0 Å². The van der Waals surface area contributed by atoms with Gasteiger partial charge in [-0.05, 0) is 67.1 Å². The molecule has 1 aliphatic rings. The van der Waals surface area contributed by atoms with E-state index in [0.717, 1.165) is 17.7 Å². The molecule has 0 unspecified atom stereocenters. The van der Waals surface area contributed by atoms with Crippen LogP contribution < -0.4 is 29.6 Å². The molecule has 0 saturated carbocycles.